The number of carbonyl (C=O) groups is 1. The number of nitrogen functional groups attached to an aromatic ring is 1. The van der Waals surface area contributed by atoms with E-state index in [1.54, 1.807) is 11.6 Å². The van der Waals surface area contributed by atoms with Crippen molar-refractivity contribution in [2.45, 2.75) is 19.9 Å². The first kappa shape index (κ1) is 10.7. The Morgan fingerprint density at radius 3 is 3.19 bits per heavy atom. The first-order valence-electron chi connectivity index (χ1n) is 5.26. The van der Waals surface area contributed by atoms with Crippen molar-refractivity contribution >= 4 is 17.9 Å². The molecule has 0 aliphatic carbocycles. The van der Waals surface area contributed by atoms with Crippen LogP contribution in [-0.2, 0) is 9.53 Å². The number of hydrogen-bond donors (Lipinski definition) is 2. The van der Waals surface area contributed by atoms with Gasteiger partial charge in [-0.05, 0) is 13.8 Å². The predicted octanol–water partition coefficient (Wildman–Crippen LogP) is 0.0261. The van der Waals surface area contributed by atoms with E-state index in [0.29, 0.717) is 19.1 Å². The summed E-state index contributed by atoms with van der Waals surface area (Å²) in [6.45, 7) is 4.57. The fourth-order valence-electron chi connectivity index (χ4n) is 1.82. The molecule has 0 saturated carbocycles. The molecule has 16 heavy (non-hydrogen) atoms. The fraction of sp³-hybridized carbons (Fsp3) is 0.667. The van der Waals surface area contributed by atoms with Crippen LogP contribution in [0.4, 0.5) is 11.9 Å². The summed E-state index contributed by atoms with van der Waals surface area (Å²) in [6.07, 6.45) is 0. The number of nitrogens with zero attached hydrogens (tertiary/aromatic N) is 3. The van der Waals surface area contributed by atoms with E-state index in [1.807, 2.05) is 6.92 Å². The van der Waals surface area contributed by atoms with Gasteiger partial charge in [0.2, 0.25) is 11.9 Å². The minimum Gasteiger partial charge on any atom is -0.466 e. The monoisotopic (exact) mass is 225 g/mol. The van der Waals surface area contributed by atoms with Gasteiger partial charge in [-0.25, -0.2) is 4.68 Å². The normalized spacial score (nSPS) is 23.4. The molecule has 3 N–H and O–H groups in total. The smallest absolute Gasteiger partial charge is 0.312 e. The number of ether oxygens (including phenoxy) is 1. The van der Waals surface area contributed by atoms with Crippen molar-refractivity contribution in [3.05, 3.63) is 0 Å². The van der Waals surface area contributed by atoms with Crippen LogP contribution in [0, 0.1) is 5.92 Å². The lowest BCUT2D eigenvalue weighted by Gasteiger charge is -2.28. The average molecular weight is 225 g/mol. The Kier molecular flexibility index (Phi) is 2.67. The molecule has 0 bridgehead atoms. The maximum Gasteiger partial charge on any atom is 0.312 e. The van der Waals surface area contributed by atoms with E-state index in [1.165, 1.54) is 0 Å². The largest absolute Gasteiger partial charge is 0.466 e. The van der Waals surface area contributed by atoms with Crippen molar-refractivity contribution in [2.75, 3.05) is 24.2 Å². The topological polar surface area (TPSA) is 95.1 Å². The molecule has 1 aromatic heterocycles. The molecule has 0 amide bonds. The molecule has 0 radical (unpaired) electrons. The SMILES string of the molecule is CCOC(=O)C1CNc2nc(N)nn2C1C. The number of aromatic nitrogens is 3. The third-order valence-corrected chi connectivity index (χ3v) is 2.69. The highest BCUT2D eigenvalue weighted by Crippen LogP contribution is 2.27. The summed E-state index contributed by atoms with van der Waals surface area (Å²) in [5.41, 5.74) is 5.50. The van der Waals surface area contributed by atoms with Crippen molar-refractivity contribution in [3.8, 4) is 0 Å². The molecule has 7 nitrogen and oxygen atoms in total. The zero-order chi connectivity index (χ0) is 11.7. The molecule has 0 aromatic carbocycles. The quantitative estimate of drug-likeness (QED) is 0.689. The number of nitrogens with one attached hydrogen (secondary N) is 1. The second-order valence-electron chi connectivity index (χ2n) is 3.72. The van der Waals surface area contributed by atoms with Gasteiger partial charge in [-0.1, -0.05) is 0 Å². The van der Waals surface area contributed by atoms with E-state index in [2.05, 4.69) is 15.4 Å². The van der Waals surface area contributed by atoms with Crippen molar-refractivity contribution in [2.24, 2.45) is 5.92 Å². The number of nitrogens with two attached hydrogens (primary N) is 1. The number of hydrogen-bond acceptors (Lipinski definition) is 6. The minimum atomic E-state index is -0.256. The van der Waals surface area contributed by atoms with E-state index in [9.17, 15) is 4.79 Å². The number of carbonyl (C=O) groups excluding carboxylic acids is 1. The Bertz CT molecular complexity index is 403. The van der Waals surface area contributed by atoms with Gasteiger partial charge in [0.1, 0.15) is 0 Å². The Balaban J connectivity index is 2.20. The molecular formula is C9H15N5O2. The Morgan fingerprint density at radius 1 is 1.75 bits per heavy atom. The molecule has 1 aliphatic heterocycles. The molecule has 2 rings (SSSR count). The van der Waals surface area contributed by atoms with E-state index in [4.69, 9.17) is 10.5 Å². The predicted molar refractivity (Wildman–Crippen MR) is 57.8 cm³/mol. The van der Waals surface area contributed by atoms with Crippen molar-refractivity contribution < 1.29 is 9.53 Å². The van der Waals surface area contributed by atoms with Crippen LogP contribution in [0.15, 0.2) is 0 Å². The van der Waals surface area contributed by atoms with Gasteiger partial charge in [0.15, 0.2) is 0 Å². The van der Waals surface area contributed by atoms with Crippen LogP contribution < -0.4 is 11.1 Å². The molecule has 7 heteroatoms. The average Bonchev–Trinajstić information content (AvgIpc) is 2.60. The summed E-state index contributed by atoms with van der Waals surface area (Å²) in [6, 6.07) is -0.0971. The maximum absolute atomic E-state index is 11.7. The zero-order valence-electron chi connectivity index (χ0n) is 9.30. The lowest BCUT2D eigenvalue weighted by Crippen LogP contribution is -2.37. The molecule has 88 valence electrons. The van der Waals surface area contributed by atoms with Gasteiger partial charge in [-0.15, -0.1) is 5.10 Å². The van der Waals surface area contributed by atoms with Crippen LogP contribution in [0.5, 0.6) is 0 Å². The second-order valence-corrected chi connectivity index (χ2v) is 3.72. The van der Waals surface area contributed by atoms with Crippen LogP contribution in [0.2, 0.25) is 0 Å². The third kappa shape index (κ3) is 1.68. The summed E-state index contributed by atoms with van der Waals surface area (Å²) in [5.74, 6) is 0.333. The first-order chi connectivity index (χ1) is 7.63. The minimum absolute atomic E-state index is 0.0971. The standard InChI is InChI=1S/C9H15N5O2/c1-3-16-7(15)6-4-11-9-12-8(10)13-14(9)5(6)2/h5-6H,3-4H2,1-2H3,(H3,10,11,12,13). The lowest BCUT2D eigenvalue weighted by atomic mass is 10.0. The second kappa shape index (κ2) is 3.99. The Labute approximate surface area is 93.0 Å². The molecular weight excluding hydrogens is 210 g/mol. The van der Waals surface area contributed by atoms with E-state index in [-0.39, 0.29) is 23.9 Å². The van der Waals surface area contributed by atoms with Gasteiger partial charge in [-0.2, -0.15) is 4.98 Å². The van der Waals surface area contributed by atoms with Crippen LogP contribution >= 0.6 is 0 Å². The number of esters is 1. The molecule has 2 unspecified atom stereocenters. The summed E-state index contributed by atoms with van der Waals surface area (Å²) in [7, 11) is 0. The summed E-state index contributed by atoms with van der Waals surface area (Å²) < 4.78 is 6.63. The third-order valence-electron chi connectivity index (χ3n) is 2.69. The molecule has 0 spiro atoms. The van der Waals surface area contributed by atoms with Gasteiger partial charge in [-0.3, -0.25) is 4.79 Å². The lowest BCUT2D eigenvalue weighted by molar-refractivity contribution is -0.149. The highest BCUT2D eigenvalue weighted by molar-refractivity contribution is 5.74. The number of anilines is 2. The van der Waals surface area contributed by atoms with Gasteiger partial charge < -0.3 is 15.8 Å². The Hall–Kier alpha value is -1.79. The van der Waals surface area contributed by atoms with E-state index in [0.717, 1.165) is 0 Å². The fourth-order valence-corrected chi connectivity index (χ4v) is 1.82. The molecule has 2 atom stereocenters. The van der Waals surface area contributed by atoms with Gasteiger partial charge in [0, 0.05) is 6.54 Å². The number of rotatable bonds is 2. The molecule has 0 fully saturated rings. The molecule has 1 aromatic rings. The highest BCUT2D eigenvalue weighted by atomic mass is 16.5. The first-order valence-corrected chi connectivity index (χ1v) is 5.26. The Morgan fingerprint density at radius 2 is 2.50 bits per heavy atom. The maximum atomic E-state index is 11.7. The summed E-state index contributed by atoms with van der Waals surface area (Å²) in [4.78, 5) is 15.7. The van der Waals surface area contributed by atoms with E-state index >= 15 is 0 Å². The number of fused-ring (bicyclic) bond motifs is 1. The van der Waals surface area contributed by atoms with Crippen LogP contribution in [0.3, 0.4) is 0 Å². The zero-order valence-corrected chi connectivity index (χ0v) is 9.30. The highest BCUT2D eigenvalue weighted by Gasteiger charge is 2.34. The van der Waals surface area contributed by atoms with Crippen LogP contribution in [0.1, 0.15) is 19.9 Å². The van der Waals surface area contributed by atoms with Gasteiger partial charge >= 0.3 is 5.97 Å². The van der Waals surface area contributed by atoms with Crippen molar-refractivity contribution in [1.29, 1.82) is 0 Å². The molecule has 2 heterocycles. The van der Waals surface area contributed by atoms with Gasteiger partial charge in [0.05, 0.1) is 18.6 Å². The van der Waals surface area contributed by atoms with Gasteiger partial charge in [0.25, 0.3) is 0 Å². The molecule has 1 aliphatic rings. The summed E-state index contributed by atoms with van der Waals surface area (Å²) >= 11 is 0. The van der Waals surface area contributed by atoms with Crippen LogP contribution in [-0.4, -0.2) is 33.9 Å². The summed E-state index contributed by atoms with van der Waals surface area (Å²) in [5, 5.41) is 7.05. The van der Waals surface area contributed by atoms with Crippen molar-refractivity contribution in [1.82, 2.24) is 14.8 Å². The molecule has 0 saturated heterocycles. The van der Waals surface area contributed by atoms with Crippen LogP contribution in [0.25, 0.3) is 0 Å². The van der Waals surface area contributed by atoms with Crippen molar-refractivity contribution in [3.63, 3.8) is 0 Å². The van der Waals surface area contributed by atoms with E-state index < -0.39 is 0 Å².